The summed E-state index contributed by atoms with van der Waals surface area (Å²) in [5.74, 6) is 3.28. The minimum Gasteiger partial charge on any atom is -0.297 e. The van der Waals surface area contributed by atoms with Crippen LogP contribution in [0.15, 0.2) is 36.4 Å². The predicted octanol–water partition coefficient (Wildman–Crippen LogP) is 4.15. The number of nitrogens with two attached hydrogens (primary N) is 1. The number of ketones is 1. The van der Waals surface area contributed by atoms with Crippen molar-refractivity contribution in [1.29, 1.82) is 0 Å². The van der Waals surface area contributed by atoms with Crippen molar-refractivity contribution in [2.75, 3.05) is 6.26 Å². The first-order valence-corrected chi connectivity index (χ1v) is 12.3. The number of halogens is 1. The molecule has 0 aliphatic rings. The minimum absolute atomic E-state index is 0. The number of Topliss-reactive ketones (excluding diaryl/α,β-unsaturated/α-hetero) is 1. The molecule has 0 aliphatic carbocycles. The van der Waals surface area contributed by atoms with Crippen LogP contribution in [0.25, 0.3) is 6.08 Å². The number of hydrogen-bond donors (Lipinski definition) is 4. The summed E-state index contributed by atoms with van der Waals surface area (Å²) >= 11 is 1.22. The molecule has 1 aromatic rings. The maximum atomic E-state index is 13.9. The summed E-state index contributed by atoms with van der Waals surface area (Å²) in [5.41, 5.74) is 3.52. The summed E-state index contributed by atoms with van der Waals surface area (Å²) in [6.45, 7) is 5.92. The van der Waals surface area contributed by atoms with Gasteiger partial charge in [-0.15, -0.1) is 12.4 Å². The lowest BCUT2D eigenvalue weighted by molar-refractivity contribution is -0.146. The fraction of sp³-hybridized carbons (Fsp3) is 0.542. The van der Waals surface area contributed by atoms with Crippen LogP contribution in [0.5, 0.6) is 0 Å². The molecular weight excluding hydrogens is 462 g/mol. The number of rotatable bonds is 14. The number of hydroxylamine groups is 1. The molecule has 2 amide bonds. The summed E-state index contributed by atoms with van der Waals surface area (Å²) in [7, 11) is 0. The van der Waals surface area contributed by atoms with E-state index in [1.54, 1.807) is 11.7 Å². The molecule has 1 rings (SSSR count). The van der Waals surface area contributed by atoms with E-state index in [0.29, 0.717) is 19.3 Å². The highest BCUT2D eigenvalue weighted by molar-refractivity contribution is 8.00. The average Bonchev–Trinajstić information content (AvgIpc) is 2.82. The van der Waals surface area contributed by atoms with Gasteiger partial charge in [-0.1, -0.05) is 76.1 Å². The van der Waals surface area contributed by atoms with Crippen LogP contribution in [0.4, 0.5) is 0 Å². The van der Waals surface area contributed by atoms with Crippen molar-refractivity contribution in [3.8, 4) is 0 Å². The molecule has 0 fully saturated rings. The third kappa shape index (κ3) is 8.45. The number of carbonyl (C=O) groups excluding carboxylic acids is 3. The maximum Gasteiger partial charge on any atom is 0.248 e. The van der Waals surface area contributed by atoms with E-state index in [1.165, 1.54) is 11.8 Å². The summed E-state index contributed by atoms with van der Waals surface area (Å²) in [4.78, 5) is 39.5. The highest BCUT2D eigenvalue weighted by atomic mass is 35.5. The Morgan fingerprint density at radius 2 is 1.85 bits per heavy atom. The molecule has 2 unspecified atom stereocenters. The zero-order chi connectivity index (χ0) is 24.1. The highest BCUT2D eigenvalue weighted by Gasteiger charge is 2.50. The zero-order valence-electron chi connectivity index (χ0n) is 19.9. The molecule has 0 heterocycles. The first-order chi connectivity index (χ1) is 15.3. The number of thioether (sulfide) groups is 1. The lowest BCUT2D eigenvalue weighted by atomic mass is 9.69. The van der Waals surface area contributed by atoms with Gasteiger partial charge in [-0.05, 0) is 37.0 Å². The normalized spacial score (nSPS) is 15.6. The van der Waals surface area contributed by atoms with E-state index >= 15 is 0 Å². The average molecular weight is 500 g/mol. The first-order valence-electron chi connectivity index (χ1n) is 11.0. The van der Waals surface area contributed by atoms with Crippen LogP contribution < -0.4 is 16.7 Å². The van der Waals surface area contributed by atoms with Crippen LogP contribution in [-0.4, -0.2) is 34.3 Å². The second kappa shape index (κ2) is 15.9. The number of hydrogen-bond acceptors (Lipinski definition) is 6. The van der Waals surface area contributed by atoms with Gasteiger partial charge in [0, 0.05) is 0 Å². The Morgan fingerprint density at radius 1 is 1.21 bits per heavy atom. The number of nitrogens with one attached hydrogen (secondary N) is 2. The van der Waals surface area contributed by atoms with E-state index < -0.39 is 28.4 Å². The molecule has 0 aromatic heterocycles. The SMILES string of the molecule is CCCC(CC(C)CC)(C(=O)NN)C(=O)[C@H](SC)[C@@H](C/C=C/c1ccccc1)C(=O)NO.Cl. The van der Waals surface area contributed by atoms with Crippen LogP contribution >= 0.6 is 24.2 Å². The van der Waals surface area contributed by atoms with Gasteiger partial charge in [0.2, 0.25) is 11.8 Å². The molecule has 0 saturated heterocycles. The van der Waals surface area contributed by atoms with Crippen LogP contribution in [0.2, 0.25) is 0 Å². The second-order valence-electron chi connectivity index (χ2n) is 8.17. The van der Waals surface area contributed by atoms with Gasteiger partial charge in [-0.3, -0.25) is 25.0 Å². The molecule has 9 heteroatoms. The largest absolute Gasteiger partial charge is 0.297 e. The monoisotopic (exact) mass is 499 g/mol. The molecule has 186 valence electrons. The molecule has 0 radical (unpaired) electrons. The third-order valence-corrected chi connectivity index (χ3v) is 6.98. The lowest BCUT2D eigenvalue weighted by Gasteiger charge is -2.36. The molecule has 0 aliphatic heterocycles. The summed E-state index contributed by atoms with van der Waals surface area (Å²) in [6, 6.07) is 9.59. The number of amides is 2. The van der Waals surface area contributed by atoms with E-state index in [2.05, 4.69) is 5.43 Å². The lowest BCUT2D eigenvalue weighted by Crippen LogP contribution is -2.54. The molecule has 1 aromatic carbocycles. The smallest absolute Gasteiger partial charge is 0.248 e. The highest BCUT2D eigenvalue weighted by Crippen LogP contribution is 2.40. The Labute approximate surface area is 207 Å². The second-order valence-corrected chi connectivity index (χ2v) is 9.15. The van der Waals surface area contributed by atoms with E-state index in [1.807, 2.05) is 63.3 Å². The minimum atomic E-state index is -1.33. The number of allylic oxidation sites excluding steroid dienone is 1. The van der Waals surface area contributed by atoms with Crippen molar-refractivity contribution in [2.24, 2.45) is 23.1 Å². The van der Waals surface area contributed by atoms with E-state index in [0.717, 1.165) is 12.0 Å². The van der Waals surface area contributed by atoms with Crippen LogP contribution in [0.1, 0.15) is 58.4 Å². The van der Waals surface area contributed by atoms with Gasteiger partial charge >= 0.3 is 0 Å². The van der Waals surface area contributed by atoms with Crippen LogP contribution in [0.3, 0.4) is 0 Å². The van der Waals surface area contributed by atoms with Crippen LogP contribution in [-0.2, 0) is 14.4 Å². The molecular formula is C24H38ClN3O4S. The van der Waals surface area contributed by atoms with Crippen molar-refractivity contribution >= 4 is 47.8 Å². The third-order valence-electron chi connectivity index (χ3n) is 5.93. The van der Waals surface area contributed by atoms with E-state index in [4.69, 9.17) is 5.84 Å². The molecule has 5 N–H and O–H groups in total. The molecule has 0 spiro atoms. The standard InChI is InChI=1S/C24H37N3O4S.ClH/c1-5-15-24(23(30)26-25,16-17(3)6-2)21(28)20(32-4)19(22(29)27-31)14-10-13-18-11-8-7-9-12-18;/h7-13,17,19-20,31H,5-6,14-16,25H2,1-4H3,(H,26,30)(H,27,29);1H/b13-10+;/t17?,19-,20-,24?;/m1./s1. The quantitative estimate of drug-likeness (QED) is 0.100. The summed E-state index contributed by atoms with van der Waals surface area (Å²) in [5, 5.41) is 8.53. The van der Waals surface area contributed by atoms with Gasteiger partial charge in [0.15, 0.2) is 5.78 Å². The Bertz CT molecular complexity index is 778. The van der Waals surface area contributed by atoms with Gasteiger partial charge in [0.05, 0.1) is 11.2 Å². The topological polar surface area (TPSA) is 122 Å². The number of benzene rings is 1. The Hall–Kier alpha value is -1.87. The number of carbonyl (C=O) groups is 3. The Kier molecular flexibility index (Phi) is 15.0. The van der Waals surface area contributed by atoms with Crippen molar-refractivity contribution in [2.45, 2.75) is 58.1 Å². The number of hydrazine groups is 1. The Balaban J connectivity index is 0.0000102. The van der Waals surface area contributed by atoms with Gasteiger partial charge in [0.1, 0.15) is 5.41 Å². The van der Waals surface area contributed by atoms with Gasteiger partial charge in [0.25, 0.3) is 0 Å². The van der Waals surface area contributed by atoms with Gasteiger partial charge in [-0.2, -0.15) is 11.8 Å². The Morgan fingerprint density at radius 3 is 2.33 bits per heavy atom. The summed E-state index contributed by atoms with van der Waals surface area (Å²) in [6.07, 6.45) is 7.75. The van der Waals surface area contributed by atoms with Gasteiger partial charge < -0.3 is 0 Å². The molecule has 4 atom stereocenters. The maximum absolute atomic E-state index is 13.9. The van der Waals surface area contributed by atoms with Crippen molar-refractivity contribution in [1.82, 2.24) is 10.9 Å². The van der Waals surface area contributed by atoms with Crippen molar-refractivity contribution in [3.63, 3.8) is 0 Å². The van der Waals surface area contributed by atoms with Crippen molar-refractivity contribution < 1.29 is 19.6 Å². The first kappa shape index (κ1) is 31.1. The fourth-order valence-corrected chi connectivity index (χ4v) is 5.04. The summed E-state index contributed by atoms with van der Waals surface area (Å²) < 4.78 is 0. The van der Waals surface area contributed by atoms with E-state index in [9.17, 15) is 19.6 Å². The zero-order valence-corrected chi connectivity index (χ0v) is 21.5. The van der Waals surface area contributed by atoms with Gasteiger partial charge in [-0.25, -0.2) is 11.3 Å². The van der Waals surface area contributed by atoms with Crippen molar-refractivity contribution in [3.05, 3.63) is 42.0 Å². The molecule has 33 heavy (non-hydrogen) atoms. The van der Waals surface area contributed by atoms with Crippen LogP contribution in [0, 0.1) is 17.3 Å². The molecule has 7 nitrogen and oxygen atoms in total. The predicted molar refractivity (Wildman–Crippen MR) is 137 cm³/mol. The molecule has 0 saturated carbocycles. The molecule has 0 bridgehead atoms. The fourth-order valence-electron chi connectivity index (χ4n) is 4.04. The van der Waals surface area contributed by atoms with E-state index in [-0.39, 0.29) is 30.5 Å².